The summed E-state index contributed by atoms with van der Waals surface area (Å²) in [7, 11) is 1.31. The number of carbonyl (C=O) groups excluding carboxylic acids is 1. The van der Waals surface area contributed by atoms with Gasteiger partial charge in [0.2, 0.25) is 0 Å². The van der Waals surface area contributed by atoms with Crippen molar-refractivity contribution >= 4 is 23.3 Å². The van der Waals surface area contributed by atoms with Gasteiger partial charge in [0.25, 0.3) is 0 Å². The first-order valence-electron chi connectivity index (χ1n) is 4.70. The Hall–Kier alpha value is -1.40. The molecule has 1 atom stereocenters. The van der Waals surface area contributed by atoms with Crippen LogP contribution in [0.2, 0.25) is 0 Å². The van der Waals surface area contributed by atoms with Crippen LogP contribution in [0, 0.1) is 0 Å². The van der Waals surface area contributed by atoms with Crippen molar-refractivity contribution in [3.8, 4) is 0 Å². The van der Waals surface area contributed by atoms with E-state index < -0.39 is 11.9 Å². The quantitative estimate of drug-likeness (QED) is 0.763. The SMILES string of the molecule is COC(=O)c1ccc(C(N)CCC(=O)O)s1. The van der Waals surface area contributed by atoms with Crippen molar-refractivity contribution in [2.24, 2.45) is 5.73 Å². The molecule has 0 fully saturated rings. The highest BCUT2D eigenvalue weighted by Crippen LogP contribution is 2.25. The molecule has 0 bridgehead atoms. The van der Waals surface area contributed by atoms with Crippen molar-refractivity contribution in [2.45, 2.75) is 18.9 Å². The summed E-state index contributed by atoms with van der Waals surface area (Å²) < 4.78 is 4.56. The van der Waals surface area contributed by atoms with E-state index in [4.69, 9.17) is 10.8 Å². The van der Waals surface area contributed by atoms with E-state index in [1.807, 2.05) is 0 Å². The van der Waals surface area contributed by atoms with Gasteiger partial charge in [-0.1, -0.05) is 0 Å². The van der Waals surface area contributed by atoms with E-state index in [1.165, 1.54) is 18.4 Å². The van der Waals surface area contributed by atoms with Crippen molar-refractivity contribution in [3.05, 3.63) is 21.9 Å². The zero-order valence-electron chi connectivity index (χ0n) is 8.80. The molecule has 5 nitrogen and oxygen atoms in total. The molecule has 1 heterocycles. The standard InChI is InChI=1S/C10H13NO4S/c1-15-10(14)8-4-3-7(16-8)6(11)2-5-9(12)13/h3-4,6H,2,5,11H2,1H3,(H,12,13). The molecular formula is C10H13NO4S. The second-order valence-corrected chi connectivity index (χ2v) is 4.35. The molecule has 88 valence electrons. The topological polar surface area (TPSA) is 89.6 Å². The number of esters is 1. The van der Waals surface area contributed by atoms with Crippen molar-refractivity contribution in [2.75, 3.05) is 7.11 Å². The van der Waals surface area contributed by atoms with Gasteiger partial charge in [-0.05, 0) is 18.6 Å². The number of ether oxygens (including phenoxy) is 1. The zero-order valence-corrected chi connectivity index (χ0v) is 9.62. The van der Waals surface area contributed by atoms with Crippen LogP contribution < -0.4 is 5.73 Å². The predicted molar refractivity (Wildman–Crippen MR) is 59.5 cm³/mol. The normalized spacial score (nSPS) is 12.1. The largest absolute Gasteiger partial charge is 0.481 e. The van der Waals surface area contributed by atoms with Crippen LogP contribution in [0.25, 0.3) is 0 Å². The van der Waals surface area contributed by atoms with Gasteiger partial charge in [0.05, 0.1) is 7.11 Å². The molecule has 0 saturated heterocycles. The van der Waals surface area contributed by atoms with E-state index in [-0.39, 0.29) is 12.5 Å². The van der Waals surface area contributed by atoms with Gasteiger partial charge in [0, 0.05) is 17.3 Å². The number of hydrogen-bond acceptors (Lipinski definition) is 5. The highest BCUT2D eigenvalue weighted by molar-refractivity contribution is 7.14. The second-order valence-electron chi connectivity index (χ2n) is 3.23. The minimum Gasteiger partial charge on any atom is -0.481 e. The van der Waals surface area contributed by atoms with E-state index in [9.17, 15) is 9.59 Å². The van der Waals surface area contributed by atoms with Crippen LogP contribution in [0.1, 0.15) is 33.4 Å². The summed E-state index contributed by atoms with van der Waals surface area (Å²) in [5.74, 6) is -1.28. The first-order valence-corrected chi connectivity index (χ1v) is 5.51. The lowest BCUT2D eigenvalue weighted by Crippen LogP contribution is -2.10. The summed E-state index contributed by atoms with van der Waals surface area (Å²) in [6, 6.07) is 3.01. The second kappa shape index (κ2) is 5.62. The Morgan fingerprint density at radius 3 is 2.81 bits per heavy atom. The van der Waals surface area contributed by atoms with E-state index in [1.54, 1.807) is 12.1 Å². The number of methoxy groups -OCH3 is 1. The molecule has 0 radical (unpaired) electrons. The number of carboxylic acid groups (broad SMARTS) is 1. The van der Waals surface area contributed by atoms with Gasteiger partial charge in [-0.3, -0.25) is 4.79 Å². The molecule has 0 aromatic carbocycles. The maximum Gasteiger partial charge on any atom is 0.348 e. The Kier molecular flexibility index (Phi) is 4.45. The highest BCUT2D eigenvalue weighted by Gasteiger charge is 2.14. The molecular weight excluding hydrogens is 230 g/mol. The Balaban J connectivity index is 2.63. The number of aliphatic carboxylic acids is 1. The van der Waals surface area contributed by atoms with Gasteiger partial charge in [0.1, 0.15) is 4.88 Å². The van der Waals surface area contributed by atoms with E-state index in [0.717, 1.165) is 4.88 Å². The first-order chi connectivity index (χ1) is 7.54. The Morgan fingerprint density at radius 1 is 1.56 bits per heavy atom. The number of thiophene rings is 1. The molecule has 1 unspecified atom stereocenters. The highest BCUT2D eigenvalue weighted by atomic mass is 32.1. The lowest BCUT2D eigenvalue weighted by Gasteiger charge is -2.06. The lowest BCUT2D eigenvalue weighted by molar-refractivity contribution is -0.137. The summed E-state index contributed by atoms with van der Waals surface area (Å²) in [6.45, 7) is 0. The van der Waals surface area contributed by atoms with Crippen LogP contribution in [-0.4, -0.2) is 24.2 Å². The third-order valence-electron chi connectivity index (χ3n) is 2.05. The van der Waals surface area contributed by atoms with Crippen LogP contribution >= 0.6 is 11.3 Å². The Morgan fingerprint density at radius 2 is 2.25 bits per heavy atom. The molecule has 0 aliphatic rings. The summed E-state index contributed by atoms with van der Waals surface area (Å²) in [6.07, 6.45) is 0.378. The van der Waals surface area contributed by atoms with E-state index in [0.29, 0.717) is 11.3 Å². The molecule has 0 amide bonds. The maximum atomic E-state index is 11.2. The monoisotopic (exact) mass is 243 g/mol. The van der Waals surface area contributed by atoms with Gasteiger partial charge < -0.3 is 15.6 Å². The van der Waals surface area contributed by atoms with Crippen LogP contribution in [0.5, 0.6) is 0 Å². The summed E-state index contributed by atoms with van der Waals surface area (Å²) in [4.78, 5) is 22.8. The number of carboxylic acids is 1. The van der Waals surface area contributed by atoms with Gasteiger partial charge >= 0.3 is 11.9 Å². The van der Waals surface area contributed by atoms with E-state index >= 15 is 0 Å². The van der Waals surface area contributed by atoms with Gasteiger partial charge in [-0.25, -0.2) is 4.79 Å². The molecule has 6 heteroatoms. The Bertz CT molecular complexity index is 388. The lowest BCUT2D eigenvalue weighted by atomic mass is 10.1. The Labute approximate surface area is 96.8 Å². The average molecular weight is 243 g/mol. The van der Waals surface area contributed by atoms with Gasteiger partial charge in [0.15, 0.2) is 0 Å². The van der Waals surface area contributed by atoms with Crippen LogP contribution in [0.4, 0.5) is 0 Å². The minimum atomic E-state index is -0.875. The summed E-state index contributed by atoms with van der Waals surface area (Å²) >= 11 is 1.23. The fourth-order valence-corrected chi connectivity index (χ4v) is 2.15. The summed E-state index contributed by atoms with van der Waals surface area (Å²) in [5.41, 5.74) is 5.79. The third-order valence-corrected chi connectivity index (χ3v) is 3.25. The molecule has 16 heavy (non-hydrogen) atoms. The third kappa shape index (κ3) is 3.32. The van der Waals surface area contributed by atoms with Crippen molar-refractivity contribution < 1.29 is 19.4 Å². The average Bonchev–Trinajstić information content (AvgIpc) is 2.74. The molecule has 0 spiro atoms. The molecule has 1 aromatic rings. The minimum absolute atomic E-state index is 0.0205. The molecule has 0 aliphatic heterocycles. The maximum absolute atomic E-state index is 11.2. The molecule has 0 saturated carbocycles. The van der Waals surface area contributed by atoms with Gasteiger partial charge in [-0.15, -0.1) is 11.3 Å². The van der Waals surface area contributed by atoms with Crippen LogP contribution in [-0.2, 0) is 9.53 Å². The number of nitrogens with two attached hydrogens (primary N) is 1. The fraction of sp³-hybridized carbons (Fsp3) is 0.400. The molecule has 3 N–H and O–H groups in total. The zero-order chi connectivity index (χ0) is 12.1. The summed E-state index contributed by atoms with van der Waals surface area (Å²) in [5, 5.41) is 8.51. The molecule has 1 aromatic heterocycles. The van der Waals surface area contributed by atoms with Gasteiger partial charge in [-0.2, -0.15) is 0 Å². The predicted octanol–water partition coefficient (Wildman–Crippen LogP) is 1.40. The first kappa shape index (κ1) is 12.7. The van der Waals surface area contributed by atoms with Crippen LogP contribution in [0.15, 0.2) is 12.1 Å². The molecule has 1 rings (SSSR count). The van der Waals surface area contributed by atoms with Crippen molar-refractivity contribution in [1.29, 1.82) is 0 Å². The smallest absolute Gasteiger partial charge is 0.348 e. The number of hydrogen-bond donors (Lipinski definition) is 2. The molecule has 0 aliphatic carbocycles. The number of carbonyl (C=O) groups is 2. The number of rotatable bonds is 5. The van der Waals surface area contributed by atoms with E-state index in [2.05, 4.69) is 4.74 Å². The van der Waals surface area contributed by atoms with Crippen LogP contribution in [0.3, 0.4) is 0 Å². The van der Waals surface area contributed by atoms with Crippen molar-refractivity contribution in [3.63, 3.8) is 0 Å². The van der Waals surface area contributed by atoms with Crippen molar-refractivity contribution in [1.82, 2.24) is 0 Å². The fourth-order valence-electron chi connectivity index (χ4n) is 1.18.